The van der Waals surface area contributed by atoms with Gasteiger partial charge in [0.1, 0.15) is 24.4 Å². The molecule has 42 heavy (non-hydrogen) atoms. The number of amides is 1. The molecule has 0 spiro atoms. The van der Waals surface area contributed by atoms with Gasteiger partial charge in [0.2, 0.25) is 5.91 Å². The standard InChI is InChI=1S/C33H57NO8/c1-3-5-7-9-11-12-13-14-15-16-17-19-21-23-29(37)34-26(27(36)22-20-18-10-8-6-4-2)25-41-33-32(40)31(39)30(38)28(24-35)42-33/h5,7,11-12,14-15,20,22,26-28,30-33,35-36,38-40H,3-4,6,8-10,13,16-19,21,23-25H2,1-2H3,(H,34,37)/b7-5-,12-11-,15-14-,22-20+. The van der Waals surface area contributed by atoms with Crippen LogP contribution in [0.25, 0.3) is 0 Å². The van der Waals surface area contributed by atoms with E-state index in [4.69, 9.17) is 9.47 Å². The van der Waals surface area contributed by atoms with E-state index in [2.05, 4.69) is 55.6 Å². The molecule has 0 saturated carbocycles. The van der Waals surface area contributed by atoms with E-state index in [0.29, 0.717) is 12.8 Å². The Morgan fingerprint density at radius 1 is 0.833 bits per heavy atom. The molecule has 0 radical (unpaired) electrons. The van der Waals surface area contributed by atoms with Crippen molar-refractivity contribution in [3.63, 3.8) is 0 Å². The van der Waals surface area contributed by atoms with Crippen molar-refractivity contribution in [2.75, 3.05) is 13.2 Å². The Kier molecular flexibility index (Phi) is 22.3. The Morgan fingerprint density at radius 3 is 2.14 bits per heavy atom. The van der Waals surface area contributed by atoms with Crippen LogP contribution in [0, 0.1) is 0 Å². The lowest BCUT2D eigenvalue weighted by molar-refractivity contribution is -0.302. The molecule has 0 aromatic heterocycles. The van der Waals surface area contributed by atoms with Gasteiger partial charge in [-0.1, -0.05) is 88.1 Å². The molecule has 1 aliphatic rings. The molecular weight excluding hydrogens is 538 g/mol. The van der Waals surface area contributed by atoms with Gasteiger partial charge in [0.25, 0.3) is 0 Å². The minimum Gasteiger partial charge on any atom is -0.394 e. The van der Waals surface area contributed by atoms with E-state index in [9.17, 15) is 30.3 Å². The molecule has 0 aromatic carbocycles. The zero-order valence-electron chi connectivity index (χ0n) is 25.7. The molecule has 1 heterocycles. The highest BCUT2D eigenvalue weighted by molar-refractivity contribution is 5.76. The van der Waals surface area contributed by atoms with E-state index >= 15 is 0 Å². The zero-order valence-corrected chi connectivity index (χ0v) is 25.7. The predicted octanol–water partition coefficient (Wildman–Crippen LogP) is 3.98. The van der Waals surface area contributed by atoms with Crippen molar-refractivity contribution in [2.45, 2.75) is 140 Å². The molecule has 1 fully saturated rings. The fourth-order valence-electron chi connectivity index (χ4n) is 4.52. The van der Waals surface area contributed by atoms with E-state index < -0.39 is 49.5 Å². The van der Waals surface area contributed by atoms with Crippen molar-refractivity contribution in [1.82, 2.24) is 5.32 Å². The highest BCUT2D eigenvalue weighted by Crippen LogP contribution is 2.22. The summed E-state index contributed by atoms with van der Waals surface area (Å²) in [7, 11) is 0. The van der Waals surface area contributed by atoms with Gasteiger partial charge in [-0.25, -0.2) is 0 Å². The number of hydrogen-bond donors (Lipinski definition) is 6. The largest absolute Gasteiger partial charge is 0.394 e. The minimum atomic E-state index is -1.57. The van der Waals surface area contributed by atoms with Crippen LogP contribution >= 0.6 is 0 Å². The maximum atomic E-state index is 12.7. The molecule has 0 aliphatic carbocycles. The monoisotopic (exact) mass is 595 g/mol. The van der Waals surface area contributed by atoms with E-state index in [0.717, 1.165) is 70.6 Å². The van der Waals surface area contributed by atoms with Crippen molar-refractivity contribution in [3.05, 3.63) is 48.6 Å². The Hall–Kier alpha value is -1.85. The van der Waals surface area contributed by atoms with Gasteiger partial charge in [0, 0.05) is 6.42 Å². The van der Waals surface area contributed by atoms with Crippen molar-refractivity contribution in [2.24, 2.45) is 0 Å². The summed E-state index contributed by atoms with van der Waals surface area (Å²) in [5.74, 6) is -0.217. The number of carbonyl (C=O) groups excluding carboxylic acids is 1. The van der Waals surface area contributed by atoms with Gasteiger partial charge in [-0.05, 0) is 51.4 Å². The predicted molar refractivity (Wildman–Crippen MR) is 166 cm³/mol. The van der Waals surface area contributed by atoms with Crippen LogP contribution in [-0.2, 0) is 14.3 Å². The van der Waals surface area contributed by atoms with E-state index in [1.54, 1.807) is 6.08 Å². The first-order valence-electron chi connectivity index (χ1n) is 15.9. The number of aliphatic hydroxyl groups excluding tert-OH is 5. The molecule has 1 saturated heterocycles. The van der Waals surface area contributed by atoms with Crippen LogP contribution in [0.5, 0.6) is 0 Å². The topological polar surface area (TPSA) is 149 Å². The van der Waals surface area contributed by atoms with Crippen molar-refractivity contribution < 1.29 is 39.8 Å². The van der Waals surface area contributed by atoms with Gasteiger partial charge in [0.05, 0.1) is 25.4 Å². The molecule has 7 unspecified atom stereocenters. The lowest BCUT2D eigenvalue weighted by Gasteiger charge is -2.40. The summed E-state index contributed by atoms with van der Waals surface area (Å²) < 4.78 is 11.0. The van der Waals surface area contributed by atoms with Crippen LogP contribution in [-0.4, -0.2) is 87.5 Å². The lowest BCUT2D eigenvalue weighted by atomic mass is 9.99. The Bertz CT molecular complexity index is 797. The molecular formula is C33H57NO8. The van der Waals surface area contributed by atoms with Crippen molar-refractivity contribution in [3.8, 4) is 0 Å². The van der Waals surface area contributed by atoms with Crippen molar-refractivity contribution >= 4 is 5.91 Å². The summed E-state index contributed by atoms with van der Waals surface area (Å²) in [4.78, 5) is 12.7. The second-order valence-corrected chi connectivity index (χ2v) is 10.9. The fraction of sp³-hybridized carbons (Fsp3) is 0.727. The summed E-state index contributed by atoms with van der Waals surface area (Å²) in [6.07, 6.45) is 20.5. The zero-order chi connectivity index (χ0) is 31.0. The van der Waals surface area contributed by atoms with Gasteiger partial charge in [0.15, 0.2) is 6.29 Å². The molecule has 1 amide bonds. The summed E-state index contributed by atoms with van der Waals surface area (Å²) in [5, 5.41) is 53.3. The number of carbonyl (C=O) groups is 1. The third-order valence-electron chi connectivity index (χ3n) is 7.16. The SMILES string of the molecule is CC/C=C\C/C=C\C/C=C\CCCCCC(=O)NC(COC1OC(CO)C(O)C(O)C1O)C(O)/C=C/CCCCCC. The average Bonchev–Trinajstić information content (AvgIpc) is 2.98. The molecule has 9 nitrogen and oxygen atoms in total. The number of nitrogens with one attached hydrogen (secondary N) is 1. The van der Waals surface area contributed by atoms with Crippen LogP contribution in [0.4, 0.5) is 0 Å². The third kappa shape index (κ3) is 16.7. The Balaban J connectivity index is 2.53. The van der Waals surface area contributed by atoms with Gasteiger partial charge < -0.3 is 40.3 Å². The molecule has 1 rings (SSSR count). The molecule has 6 N–H and O–H groups in total. The number of aliphatic hydroxyl groups is 5. The van der Waals surface area contributed by atoms with Gasteiger partial charge in [-0.3, -0.25) is 4.79 Å². The highest BCUT2D eigenvalue weighted by Gasteiger charge is 2.44. The Labute approximate surface area is 253 Å². The first kappa shape index (κ1) is 38.2. The average molecular weight is 596 g/mol. The number of unbranched alkanes of at least 4 members (excludes halogenated alkanes) is 7. The van der Waals surface area contributed by atoms with E-state index in [-0.39, 0.29) is 12.5 Å². The number of allylic oxidation sites excluding steroid dienone is 7. The number of rotatable bonds is 23. The highest BCUT2D eigenvalue weighted by atomic mass is 16.7. The first-order valence-corrected chi connectivity index (χ1v) is 15.9. The van der Waals surface area contributed by atoms with E-state index in [1.807, 2.05) is 6.08 Å². The normalized spacial score (nSPS) is 24.8. The summed E-state index contributed by atoms with van der Waals surface area (Å²) >= 11 is 0. The van der Waals surface area contributed by atoms with Crippen LogP contribution in [0.3, 0.4) is 0 Å². The maximum absolute atomic E-state index is 12.7. The maximum Gasteiger partial charge on any atom is 0.220 e. The summed E-state index contributed by atoms with van der Waals surface area (Å²) in [5.41, 5.74) is 0. The van der Waals surface area contributed by atoms with Gasteiger partial charge >= 0.3 is 0 Å². The van der Waals surface area contributed by atoms with Crippen LogP contribution in [0.1, 0.15) is 97.3 Å². The van der Waals surface area contributed by atoms with Crippen LogP contribution < -0.4 is 5.32 Å². The summed E-state index contributed by atoms with van der Waals surface area (Å²) in [6.45, 7) is 3.49. The molecule has 9 heteroatoms. The molecule has 7 atom stereocenters. The molecule has 0 aromatic rings. The minimum absolute atomic E-state index is 0.204. The summed E-state index contributed by atoms with van der Waals surface area (Å²) in [6, 6.07) is -0.815. The quantitative estimate of drug-likeness (QED) is 0.0768. The van der Waals surface area contributed by atoms with Gasteiger partial charge in [-0.2, -0.15) is 0 Å². The van der Waals surface area contributed by atoms with Gasteiger partial charge in [-0.15, -0.1) is 0 Å². The van der Waals surface area contributed by atoms with Crippen LogP contribution in [0.2, 0.25) is 0 Å². The van der Waals surface area contributed by atoms with Crippen LogP contribution in [0.15, 0.2) is 48.6 Å². The third-order valence-corrected chi connectivity index (χ3v) is 7.16. The number of ether oxygens (including phenoxy) is 2. The Morgan fingerprint density at radius 2 is 1.48 bits per heavy atom. The molecule has 1 aliphatic heterocycles. The lowest BCUT2D eigenvalue weighted by Crippen LogP contribution is -2.60. The molecule has 242 valence electrons. The smallest absolute Gasteiger partial charge is 0.220 e. The van der Waals surface area contributed by atoms with E-state index in [1.165, 1.54) is 0 Å². The second kappa shape index (κ2) is 24.6. The second-order valence-electron chi connectivity index (χ2n) is 10.9. The van der Waals surface area contributed by atoms with Crippen molar-refractivity contribution in [1.29, 1.82) is 0 Å². The number of hydrogen-bond acceptors (Lipinski definition) is 8. The fourth-order valence-corrected chi connectivity index (χ4v) is 4.52. The molecule has 0 bridgehead atoms. The first-order chi connectivity index (χ1) is 20.3.